The Morgan fingerprint density at radius 2 is 2.00 bits per heavy atom. The molecule has 0 aromatic heterocycles. The van der Waals surface area contributed by atoms with Gasteiger partial charge in [0.1, 0.15) is 18.8 Å². The van der Waals surface area contributed by atoms with Crippen molar-refractivity contribution < 1.29 is 34.8 Å². The highest BCUT2D eigenvalue weighted by molar-refractivity contribution is 5.98. The van der Waals surface area contributed by atoms with E-state index < -0.39 is 35.4 Å². The van der Waals surface area contributed by atoms with Crippen LogP contribution in [0.5, 0.6) is 0 Å². The maximum absolute atomic E-state index is 14.5. The second-order valence-electron chi connectivity index (χ2n) is 17.3. The molecule has 1 aromatic carbocycles. The van der Waals surface area contributed by atoms with Gasteiger partial charge in [-0.05, 0) is 119 Å². The van der Waals surface area contributed by atoms with E-state index in [4.69, 9.17) is 10.5 Å². The van der Waals surface area contributed by atoms with Crippen LogP contribution in [0, 0.1) is 29.1 Å². The van der Waals surface area contributed by atoms with Gasteiger partial charge in [-0.1, -0.05) is 79.0 Å². The molecule has 2 aliphatic carbocycles. The highest BCUT2D eigenvalue weighted by atomic mass is 16.5. The first-order valence-electron chi connectivity index (χ1n) is 21.5. The van der Waals surface area contributed by atoms with E-state index in [0.29, 0.717) is 67.2 Å². The normalized spacial score (nSPS) is 31.8. The molecule has 1 aromatic rings. The summed E-state index contributed by atoms with van der Waals surface area (Å²) in [6, 6.07) is 4.79. The first-order valence-corrected chi connectivity index (χ1v) is 21.5. The van der Waals surface area contributed by atoms with Crippen LogP contribution < -0.4 is 21.7 Å². The number of nitrogens with two attached hydrogens (primary N) is 1. The molecule has 4 aliphatic rings. The van der Waals surface area contributed by atoms with Crippen LogP contribution in [0.3, 0.4) is 0 Å². The molecule has 5 rings (SSSR count). The van der Waals surface area contributed by atoms with Crippen LogP contribution in [0.25, 0.3) is 0 Å². The number of amides is 1. The van der Waals surface area contributed by atoms with Gasteiger partial charge in [0, 0.05) is 43.4 Å². The van der Waals surface area contributed by atoms with Crippen molar-refractivity contribution in [3.05, 3.63) is 93.6 Å². The van der Waals surface area contributed by atoms with Gasteiger partial charge in [-0.3, -0.25) is 14.9 Å². The fourth-order valence-corrected chi connectivity index (χ4v) is 10.1. The number of likely N-dealkylation sites (N-methyl/N-ethyl adjacent to an activating group) is 1. The van der Waals surface area contributed by atoms with E-state index in [9.17, 15) is 30.0 Å². The Morgan fingerprint density at radius 3 is 2.73 bits per heavy atom. The van der Waals surface area contributed by atoms with Crippen molar-refractivity contribution in [1.82, 2.24) is 16.0 Å². The predicted octanol–water partition coefficient (Wildman–Crippen LogP) is 4.68. The van der Waals surface area contributed by atoms with Crippen LogP contribution in [0.4, 0.5) is 0 Å². The molecule has 9 unspecified atom stereocenters. The van der Waals surface area contributed by atoms with Crippen LogP contribution >= 0.6 is 0 Å². The van der Waals surface area contributed by atoms with Crippen molar-refractivity contribution in [2.24, 2.45) is 23.0 Å². The number of rotatable bonds is 12. The Hall–Kier alpha value is -3.70. The van der Waals surface area contributed by atoms with Crippen molar-refractivity contribution in [1.29, 1.82) is 0 Å². The molecule has 9 atom stereocenters. The number of allylic oxidation sites excluding steroid dienone is 5. The van der Waals surface area contributed by atoms with E-state index in [1.165, 1.54) is 5.57 Å². The summed E-state index contributed by atoms with van der Waals surface area (Å²) < 4.78 is 6.12. The molecule has 0 saturated heterocycles. The number of ketones is 1. The Morgan fingerprint density at radius 1 is 1.22 bits per heavy atom. The lowest BCUT2D eigenvalue weighted by atomic mass is 9.52. The first-order chi connectivity index (χ1) is 28.2. The number of hydrogen-bond donors (Lipinski definition) is 8. The smallest absolute Gasteiger partial charge is 0.243 e. The average Bonchev–Trinajstić information content (AvgIpc) is 3.54. The van der Waals surface area contributed by atoms with Gasteiger partial charge in [0.25, 0.3) is 0 Å². The van der Waals surface area contributed by atoms with Crippen LogP contribution in [-0.4, -0.2) is 88.9 Å². The van der Waals surface area contributed by atoms with Crippen molar-refractivity contribution >= 4 is 11.7 Å². The molecule has 1 spiro atoms. The van der Waals surface area contributed by atoms with Crippen molar-refractivity contribution in [2.75, 3.05) is 32.9 Å². The molecule has 322 valence electrons. The van der Waals surface area contributed by atoms with E-state index in [2.05, 4.69) is 54.3 Å². The van der Waals surface area contributed by atoms with Gasteiger partial charge >= 0.3 is 0 Å². The maximum atomic E-state index is 14.5. The molecule has 11 heteroatoms. The van der Waals surface area contributed by atoms with E-state index in [-0.39, 0.29) is 62.4 Å². The highest BCUT2D eigenvalue weighted by Gasteiger charge is 2.64. The zero-order valence-corrected chi connectivity index (χ0v) is 35.8. The SMILES string of the molecule is C=C1C=CC=C(C2CCC3(C(CCCO)C(=C(C)C(=O)Cc4cccc5c4C(NCC(C)O)C(=O)NC5N)CCC3(C)O)C2O)COCC#CCC(C)=CCC1NCC. The topological polar surface area (TPSA) is 186 Å². The largest absolute Gasteiger partial charge is 0.396 e. The summed E-state index contributed by atoms with van der Waals surface area (Å²) in [4.78, 5) is 27.7. The van der Waals surface area contributed by atoms with E-state index in [0.717, 1.165) is 29.7 Å². The fourth-order valence-electron chi connectivity index (χ4n) is 10.1. The quantitative estimate of drug-likeness (QED) is 0.0838. The van der Waals surface area contributed by atoms with Crippen molar-refractivity contribution in [3.63, 3.8) is 0 Å². The monoisotopic (exact) mass is 813 g/mol. The third-order valence-electron chi connectivity index (χ3n) is 13.3. The Labute approximate surface area is 351 Å². The maximum Gasteiger partial charge on any atom is 0.243 e. The Bertz CT molecular complexity index is 1880. The summed E-state index contributed by atoms with van der Waals surface area (Å²) in [6.45, 7) is 15.2. The summed E-state index contributed by atoms with van der Waals surface area (Å²) >= 11 is 0. The highest BCUT2D eigenvalue weighted by Crippen LogP contribution is 2.63. The van der Waals surface area contributed by atoms with E-state index >= 15 is 0 Å². The van der Waals surface area contributed by atoms with Gasteiger partial charge in [0.05, 0.1) is 24.4 Å². The molecule has 59 heavy (non-hydrogen) atoms. The predicted molar refractivity (Wildman–Crippen MR) is 232 cm³/mol. The molecule has 0 bridgehead atoms. The number of fused-ring (bicyclic) bond motifs is 1. The summed E-state index contributed by atoms with van der Waals surface area (Å²) in [5.41, 5.74) is 10.6. The van der Waals surface area contributed by atoms with Crippen molar-refractivity contribution in [3.8, 4) is 11.8 Å². The minimum atomic E-state index is -1.26. The van der Waals surface area contributed by atoms with Crippen LogP contribution in [0.15, 0.2) is 76.9 Å². The lowest BCUT2D eigenvalue weighted by Gasteiger charge is -2.55. The lowest BCUT2D eigenvalue weighted by molar-refractivity contribution is -0.167. The van der Waals surface area contributed by atoms with Gasteiger partial charge in [-0.15, -0.1) is 0 Å². The van der Waals surface area contributed by atoms with Crippen LogP contribution in [0.2, 0.25) is 0 Å². The third kappa shape index (κ3) is 10.4. The molecular formula is C48H68N4O7. The third-order valence-corrected chi connectivity index (χ3v) is 13.3. The fraction of sp³-hybridized carbons (Fsp3) is 0.583. The summed E-state index contributed by atoms with van der Waals surface area (Å²) in [6.07, 6.45) is 10.1. The minimum Gasteiger partial charge on any atom is -0.396 e. The number of carbonyl (C=O) groups is 2. The molecule has 2 saturated carbocycles. The number of Topliss-reactive ketones (excluding diaryl/α,β-unsaturated/α-hetero) is 1. The number of aliphatic hydroxyl groups excluding tert-OH is 3. The zero-order valence-electron chi connectivity index (χ0n) is 35.8. The molecule has 2 fully saturated rings. The number of hydrogen-bond acceptors (Lipinski definition) is 10. The van der Waals surface area contributed by atoms with E-state index in [1.807, 2.05) is 50.3 Å². The Balaban J connectivity index is 1.49. The summed E-state index contributed by atoms with van der Waals surface area (Å²) in [5.74, 6) is 5.19. The molecular weight excluding hydrogens is 745 g/mol. The Kier molecular flexibility index (Phi) is 16.3. The van der Waals surface area contributed by atoms with Gasteiger partial charge in [0.2, 0.25) is 5.91 Å². The number of nitrogens with one attached hydrogen (secondary N) is 3. The van der Waals surface area contributed by atoms with E-state index in [1.54, 1.807) is 6.92 Å². The lowest BCUT2D eigenvalue weighted by Crippen LogP contribution is -2.59. The van der Waals surface area contributed by atoms with Gasteiger partial charge in [0.15, 0.2) is 5.78 Å². The molecule has 9 N–H and O–H groups in total. The number of aliphatic hydroxyl groups is 4. The van der Waals surface area contributed by atoms with Gasteiger partial charge in [-0.25, -0.2) is 0 Å². The molecule has 0 radical (unpaired) electrons. The summed E-state index contributed by atoms with van der Waals surface area (Å²) in [7, 11) is 0. The number of carbonyl (C=O) groups excluding carboxylic acids is 2. The number of ether oxygens (including phenoxy) is 1. The van der Waals surface area contributed by atoms with Gasteiger partial charge < -0.3 is 41.5 Å². The average molecular weight is 813 g/mol. The standard InChI is InChI=1S/C48H68N4O7/c1-7-50-40-20-19-30(2)13-8-9-26-59-29-35(16-10-14-31(40)3)37-22-24-48(44(37)56)39(18-12-25-53)36(21-23-47(48,6)58)33(5)41(55)27-34-15-11-17-38-42(34)43(51-28-32(4)54)46(57)52-45(38)49/h10-11,14-17,19,32,37,39-40,43-45,50-51,53-54,56,58H,3,7,12-13,18,20-29,49H2,1-2,4-6H3,(H,52,57). The minimum absolute atomic E-state index is 0.0155. The van der Waals surface area contributed by atoms with Crippen molar-refractivity contribution in [2.45, 2.75) is 128 Å². The van der Waals surface area contributed by atoms with Gasteiger partial charge in [-0.2, -0.15) is 0 Å². The zero-order chi connectivity index (χ0) is 42.9. The van der Waals surface area contributed by atoms with Crippen LogP contribution in [-0.2, 0) is 20.7 Å². The summed E-state index contributed by atoms with van der Waals surface area (Å²) in [5, 5.41) is 54.7. The first kappa shape index (κ1) is 46.4. The molecule has 11 nitrogen and oxygen atoms in total. The number of benzene rings is 1. The van der Waals surface area contributed by atoms with Crippen LogP contribution in [0.1, 0.15) is 115 Å². The molecule has 2 heterocycles. The molecule has 1 amide bonds. The second kappa shape index (κ2) is 20.7. The second-order valence-corrected chi connectivity index (χ2v) is 17.3. The molecule has 2 aliphatic heterocycles.